The van der Waals surface area contributed by atoms with Crippen LogP contribution in [-0.4, -0.2) is 4.26 Å². The van der Waals surface area contributed by atoms with Gasteiger partial charge in [0.1, 0.15) is 0 Å². The van der Waals surface area contributed by atoms with Gasteiger partial charge in [0.2, 0.25) is 0 Å². The molecule has 0 nitrogen and oxygen atoms in total. The SMILES string of the molecule is CCCCC1=[C-]CC=C1.CCCCC1=[C-]CC=C1.Cl.Cl.[CH2]=[Hf+2]. The van der Waals surface area contributed by atoms with Gasteiger partial charge in [0.25, 0.3) is 0 Å². The van der Waals surface area contributed by atoms with Gasteiger partial charge in [0.15, 0.2) is 0 Å². The Hall–Kier alpha value is 0.280. The first kappa shape index (κ1) is 27.1. The monoisotopic (exact) mass is 508 g/mol. The van der Waals surface area contributed by atoms with Gasteiger partial charge in [-0.25, -0.2) is 23.3 Å². The van der Waals surface area contributed by atoms with E-state index in [0.29, 0.717) is 0 Å². The maximum absolute atomic E-state index is 3.39. The van der Waals surface area contributed by atoms with Crippen molar-refractivity contribution < 1.29 is 23.9 Å². The molecule has 3 heteroatoms. The zero-order chi connectivity index (χ0) is 15.1. The predicted octanol–water partition coefficient (Wildman–Crippen LogP) is 6.54. The first-order valence-corrected chi connectivity index (χ1v) is 10.3. The van der Waals surface area contributed by atoms with Crippen molar-refractivity contribution in [1.82, 2.24) is 0 Å². The molecule has 0 bridgehead atoms. The van der Waals surface area contributed by atoms with E-state index in [1.807, 2.05) is 0 Å². The zero-order valence-electron chi connectivity index (χ0n) is 14.0. The van der Waals surface area contributed by atoms with Crippen molar-refractivity contribution in [3.63, 3.8) is 0 Å². The molecule has 0 fully saturated rings. The van der Waals surface area contributed by atoms with E-state index in [-0.39, 0.29) is 24.8 Å². The van der Waals surface area contributed by atoms with E-state index in [2.05, 4.69) is 54.6 Å². The molecule has 22 heavy (non-hydrogen) atoms. The van der Waals surface area contributed by atoms with Crippen LogP contribution in [0.2, 0.25) is 0 Å². The third-order valence-electron chi connectivity index (χ3n) is 3.13. The van der Waals surface area contributed by atoms with E-state index in [0.717, 1.165) is 36.7 Å². The first-order chi connectivity index (χ1) is 9.86. The molecule has 0 aromatic heterocycles. The summed E-state index contributed by atoms with van der Waals surface area (Å²) in [4.78, 5) is 0. The average molecular weight is 508 g/mol. The van der Waals surface area contributed by atoms with E-state index < -0.39 is 0 Å². The fraction of sp³-hybridized carbons (Fsp3) is 0.526. The molecular formula is C19H30Cl2Hf. The Morgan fingerprint density at radius 1 is 0.864 bits per heavy atom. The summed E-state index contributed by atoms with van der Waals surface area (Å²) in [6.45, 7) is 4.44. The summed E-state index contributed by atoms with van der Waals surface area (Å²) in [5, 5.41) is 0. The maximum atomic E-state index is 3.39. The molecule has 0 atom stereocenters. The Kier molecular flexibility index (Phi) is 26.3. The predicted molar refractivity (Wildman–Crippen MR) is 102 cm³/mol. The van der Waals surface area contributed by atoms with Gasteiger partial charge in [-0.2, -0.15) is 12.2 Å². The standard InChI is InChI=1S/2C9H13.CH2.2ClH.Hf/c2*1-2-3-6-9-7-4-5-8-9;;;;/h2*4,7H,2-3,5-6H2,1H3;1H2;2*1H;/q2*-1;;;;+2. The summed E-state index contributed by atoms with van der Waals surface area (Å²) in [7, 11) is 0. The average Bonchev–Trinajstić information content (AvgIpc) is 3.19. The van der Waals surface area contributed by atoms with Crippen LogP contribution >= 0.6 is 24.8 Å². The van der Waals surface area contributed by atoms with E-state index in [9.17, 15) is 0 Å². The van der Waals surface area contributed by atoms with Crippen molar-refractivity contribution in [3.05, 3.63) is 47.6 Å². The van der Waals surface area contributed by atoms with Gasteiger partial charge in [-0.3, -0.25) is 12.2 Å². The molecular weight excluding hydrogens is 478 g/mol. The summed E-state index contributed by atoms with van der Waals surface area (Å²) in [6.07, 6.45) is 25.1. The Morgan fingerprint density at radius 3 is 1.45 bits per heavy atom. The Labute approximate surface area is 165 Å². The van der Waals surface area contributed by atoms with Gasteiger partial charge in [-0.05, 0) is 0 Å². The van der Waals surface area contributed by atoms with Crippen molar-refractivity contribution >= 4 is 29.1 Å². The topological polar surface area (TPSA) is 0 Å². The molecule has 2 rings (SSSR count). The van der Waals surface area contributed by atoms with Crippen molar-refractivity contribution in [1.29, 1.82) is 0 Å². The van der Waals surface area contributed by atoms with Crippen molar-refractivity contribution in [2.45, 2.75) is 65.2 Å². The summed E-state index contributed by atoms with van der Waals surface area (Å²) in [6, 6.07) is 0. The third kappa shape index (κ3) is 15.2. The van der Waals surface area contributed by atoms with E-state index in [1.165, 1.54) is 49.7 Å². The van der Waals surface area contributed by atoms with Crippen LogP contribution in [0.3, 0.4) is 0 Å². The Balaban J connectivity index is -0.000000273. The molecule has 0 amide bonds. The van der Waals surface area contributed by atoms with Crippen molar-refractivity contribution in [2.24, 2.45) is 0 Å². The molecule has 0 aromatic carbocycles. The summed E-state index contributed by atoms with van der Waals surface area (Å²) < 4.78 is 3.39. The number of rotatable bonds is 6. The van der Waals surface area contributed by atoms with E-state index >= 15 is 0 Å². The minimum absolute atomic E-state index is 0. The molecule has 0 saturated heterocycles. The van der Waals surface area contributed by atoms with Gasteiger partial charge >= 0.3 is 28.2 Å². The fourth-order valence-corrected chi connectivity index (χ4v) is 1.98. The second-order valence-corrected chi connectivity index (χ2v) is 4.82. The molecule has 2 aliphatic carbocycles. The second-order valence-electron chi connectivity index (χ2n) is 4.82. The van der Waals surface area contributed by atoms with Crippen LogP contribution in [0.15, 0.2) is 35.5 Å². The quantitative estimate of drug-likeness (QED) is 0.283. The van der Waals surface area contributed by atoms with E-state index in [4.69, 9.17) is 0 Å². The van der Waals surface area contributed by atoms with Crippen LogP contribution in [0, 0.1) is 12.2 Å². The molecule has 0 heterocycles. The van der Waals surface area contributed by atoms with Gasteiger partial charge in [0, 0.05) is 0 Å². The number of hydrogen-bond acceptors (Lipinski definition) is 0. The number of unbranched alkanes of at least 4 members (excludes halogenated alkanes) is 2. The molecule has 2 aliphatic rings. The molecule has 0 spiro atoms. The van der Waals surface area contributed by atoms with Gasteiger partial charge in [-0.15, -0.1) is 37.7 Å². The summed E-state index contributed by atoms with van der Waals surface area (Å²) in [5.41, 5.74) is 2.83. The van der Waals surface area contributed by atoms with Crippen molar-refractivity contribution in [3.8, 4) is 0 Å². The van der Waals surface area contributed by atoms with Crippen LogP contribution in [0.5, 0.6) is 0 Å². The van der Waals surface area contributed by atoms with E-state index in [1.54, 1.807) is 0 Å². The van der Waals surface area contributed by atoms with Gasteiger partial charge < -0.3 is 0 Å². The molecule has 0 saturated carbocycles. The summed E-state index contributed by atoms with van der Waals surface area (Å²) >= 11 is 1.06. The second kappa shape index (κ2) is 21.3. The van der Waals surface area contributed by atoms with Crippen LogP contribution in [0.25, 0.3) is 0 Å². The van der Waals surface area contributed by atoms with Gasteiger partial charge in [-0.1, -0.05) is 52.4 Å². The molecule has 0 radical (unpaired) electrons. The number of hydrogen-bond donors (Lipinski definition) is 0. The molecule has 0 N–H and O–H groups in total. The number of allylic oxidation sites excluding steroid dienone is 8. The normalized spacial score (nSPS) is 13.6. The van der Waals surface area contributed by atoms with Crippen LogP contribution in [0.1, 0.15) is 65.2 Å². The van der Waals surface area contributed by atoms with Gasteiger partial charge in [0.05, 0.1) is 0 Å². The van der Waals surface area contributed by atoms with Crippen molar-refractivity contribution in [2.75, 3.05) is 0 Å². The Morgan fingerprint density at radius 2 is 1.23 bits per heavy atom. The van der Waals surface area contributed by atoms with Crippen LogP contribution in [0.4, 0.5) is 0 Å². The van der Waals surface area contributed by atoms with Crippen LogP contribution in [-0.2, 0) is 23.9 Å². The molecule has 0 aliphatic heterocycles. The fourth-order valence-electron chi connectivity index (χ4n) is 1.98. The molecule has 0 aromatic rings. The number of halogens is 2. The molecule has 0 unspecified atom stereocenters. The zero-order valence-corrected chi connectivity index (χ0v) is 19.2. The minimum atomic E-state index is 0. The Bertz CT molecular complexity index is 320. The third-order valence-corrected chi connectivity index (χ3v) is 3.13. The molecule has 124 valence electrons. The summed E-state index contributed by atoms with van der Waals surface area (Å²) in [5.74, 6) is 0. The van der Waals surface area contributed by atoms with Crippen LogP contribution < -0.4 is 0 Å². The first-order valence-electron chi connectivity index (χ1n) is 7.74.